The SMILES string of the molecule is CCn1c(C(=O)O)nn(-c2cc(OC(C)C(F)(F)F)c(C(=O)Nc3c(Cl)cccc3Cl)cc2F)c1=O. The maximum atomic E-state index is 15.1. The van der Waals surface area contributed by atoms with E-state index < -0.39 is 58.5 Å². The molecule has 2 N–H and O–H groups in total. The van der Waals surface area contributed by atoms with Crippen molar-refractivity contribution in [1.29, 1.82) is 0 Å². The molecule has 1 atom stereocenters. The number of benzene rings is 2. The van der Waals surface area contributed by atoms with Crippen LogP contribution < -0.4 is 15.7 Å². The first-order valence-corrected chi connectivity index (χ1v) is 10.8. The van der Waals surface area contributed by atoms with Crippen molar-refractivity contribution < 1.29 is 37.0 Å². The predicted molar refractivity (Wildman–Crippen MR) is 121 cm³/mol. The van der Waals surface area contributed by atoms with Crippen LogP contribution in [0.25, 0.3) is 5.69 Å². The van der Waals surface area contributed by atoms with Crippen LogP contribution in [0.5, 0.6) is 5.75 Å². The Kier molecular flexibility index (Phi) is 7.65. The number of halogens is 6. The maximum absolute atomic E-state index is 15.1. The fraction of sp³-hybridized carbons (Fsp3) is 0.238. The van der Waals surface area contributed by atoms with E-state index in [0.717, 1.165) is 0 Å². The van der Waals surface area contributed by atoms with Crippen molar-refractivity contribution in [3.63, 3.8) is 0 Å². The van der Waals surface area contributed by atoms with Gasteiger partial charge in [0.25, 0.3) is 5.91 Å². The third-order valence-corrected chi connectivity index (χ3v) is 5.49. The molecule has 3 rings (SSSR count). The second kappa shape index (κ2) is 10.2. The molecule has 0 fully saturated rings. The average Bonchev–Trinajstić information content (AvgIpc) is 3.12. The number of carbonyl (C=O) groups is 2. The molecule has 36 heavy (non-hydrogen) atoms. The Morgan fingerprint density at radius 2 is 1.83 bits per heavy atom. The Morgan fingerprint density at radius 3 is 2.33 bits per heavy atom. The standard InChI is InChI=1S/C21H16Cl2F4N4O5/c1-3-30-17(19(33)34)29-31(20(30)35)14-8-15(36-9(2)21(25,26)27)10(7-13(14)24)18(32)28-16-11(22)5-4-6-12(16)23/h4-9H,3H2,1-2H3,(H,28,32)(H,33,34). The van der Waals surface area contributed by atoms with E-state index in [4.69, 9.17) is 27.9 Å². The summed E-state index contributed by atoms with van der Waals surface area (Å²) in [6, 6.07) is 5.40. The molecule has 15 heteroatoms. The highest BCUT2D eigenvalue weighted by atomic mass is 35.5. The molecule has 1 amide bonds. The number of rotatable bonds is 7. The number of alkyl halides is 3. The lowest BCUT2D eigenvalue weighted by molar-refractivity contribution is -0.189. The summed E-state index contributed by atoms with van der Waals surface area (Å²) in [7, 11) is 0. The summed E-state index contributed by atoms with van der Waals surface area (Å²) < 4.78 is 60.7. The minimum Gasteiger partial charge on any atom is -0.480 e. The number of aromatic carboxylic acids is 1. The van der Waals surface area contributed by atoms with Crippen molar-refractivity contribution in [3.05, 3.63) is 68.1 Å². The zero-order valence-corrected chi connectivity index (χ0v) is 19.9. The Balaban J connectivity index is 2.18. The molecule has 1 unspecified atom stereocenters. The molecular weight excluding hydrogens is 535 g/mol. The van der Waals surface area contributed by atoms with Crippen LogP contribution in [0, 0.1) is 5.82 Å². The third-order valence-electron chi connectivity index (χ3n) is 4.86. The van der Waals surface area contributed by atoms with Crippen LogP contribution >= 0.6 is 23.2 Å². The molecule has 3 aromatic rings. The largest absolute Gasteiger partial charge is 0.480 e. The molecule has 0 radical (unpaired) electrons. The van der Waals surface area contributed by atoms with Gasteiger partial charge in [-0.05, 0) is 32.0 Å². The summed E-state index contributed by atoms with van der Waals surface area (Å²) in [6.45, 7) is 1.94. The highest BCUT2D eigenvalue weighted by Gasteiger charge is 2.39. The first-order chi connectivity index (χ1) is 16.8. The van der Waals surface area contributed by atoms with Gasteiger partial charge in [-0.1, -0.05) is 29.3 Å². The molecule has 0 spiro atoms. The van der Waals surface area contributed by atoms with Crippen molar-refractivity contribution in [1.82, 2.24) is 14.3 Å². The van der Waals surface area contributed by atoms with Crippen LogP contribution in [-0.4, -0.2) is 43.6 Å². The first kappa shape index (κ1) is 27.0. The Labute approximate surface area is 209 Å². The van der Waals surface area contributed by atoms with E-state index in [-0.39, 0.29) is 22.3 Å². The molecule has 1 heterocycles. The van der Waals surface area contributed by atoms with E-state index in [9.17, 15) is 32.7 Å². The monoisotopic (exact) mass is 550 g/mol. The molecular formula is C21H16Cl2F4N4O5. The van der Waals surface area contributed by atoms with Gasteiger partial charge in [-0.3, -0.25) is 9.36 Å². The van der Waals surface area contributed by atoms with Gasteiger partial charge in [0.15, 0.2) is 6.10 Å². The lowest BCUT2D eigenvalue weighted by Gasteiger charge is -2.20. The van der Waals surface area contributed by atoms with Gasteiger partial charge in [0.2, 0.25) is 5.82 Å². The van der Waals surface area contributed by atoms with Crippen LogP contribution in [0.2, 0.25) is 10.0 Å². The number of nitrogens with zero attached hydrogens (tertiary/aromatic N) is 3. The highest BCUT2D eigenvalue weighted by Crippen LogP contribution is 2.33. The van der Waals surface area contributed by atoms with Crippen molar-refractivity contribution in [2.75, 3.05) is 5.32 Å². The Bertz CT molecular complexity index is 1380. The number of hydrogen-bond donors (Lipinski definition) is 2. The minimum atomic E-state index is -4.87. The predicted octanol–water partition coefficient (Wildman–Crippen LogP) is 4.78. The summed E-state index contributed by atoms with van der Waals surface area (Å²) in [5.74, 6) is -5.51. The van der Waals surface area contributed by atoms with Gasteiger partial charge in [-0.2, -0.15) is 17.9 Å². The van der Waals surface area contributed by atoms with Crippen molar-refractivity contribution >= 4 is 40.8 Å². The number of carboxylic acid groups (broad SMARTS) is 1. The first-order valence-electron chi connectivity index (χ1n) is 10.0. The van der Waals surface area contributed by atoms with Gasteiger partial charge in [0.1, 0.15) is 17.3 Å². The van der Waals surface area contributed by atoms with E-state index in [0.29, 0.717) is 28.3 Å². The Morgan fingerprint density at radius 1 is 1.22 bits per heavy atom. The van der Waals surface area contributed by atoms with E-state index in [1.165, 1.54) is 25.1 Å². The molecule has 192 valence electrons. The molecule has 0 saturated carbocycles. The summed E-state index contributed by atoms with van der Waals surface area (Å²) >= 11 is 12.0. The van der Waals surface area contributed by atoms with Crippen LogP contribution in [0.3, 0.4) is 0 Å². The number of carbonyl (C=O) groups excluding carboxylic acids is 1. The van der Waals surface area contributed by atoms with Crippen molar-refractivity contribution in [3.8, 4) is 11.4 Å². The summed E-state index contributed by atoms with van der Waals surface area (Å²) in [6.07, 6.45) is -7.32. The van der Waals surface area contributed by atoms with Crippen LogP contribution in [0.4, 0.5) is 23.2 Å². The molecule has 0 saturated heterocycles. The van der Waals surface area contributed by atoms with Gasteiger partial charge < -0.3 is 15.2 Å². The molecule has 0 aliphatic heterocycles. The molecule has 9 nitrogen and oxygen atoms in total. The summed E-state index contributed by atoms with van der Waals surface area (Å²) in [5.41, 5.74) is -2.60. The Hall–Kier alpha value is -3.58. The quantitative estimate of drug-likeness (QED) is 0.409. The lowest BCUT2D eigenvalue weighted by atomic mass is 10.1. The topological polar surface area (TPSA) is 115 Å². The van der Waals surface area contributed by atoms with E-state index in [1.54, 1.807) is 0 Å². The van der Waals surface area contributed by atoms with Gasteiger partial charge >= 0.3 is 17.8 Å². The zero-order valence-electron chi connectivity index (χ0n) is 18.4. The van der Waals surface area contributed by atoms with Gasteiger partial charge in [-0.15, -0.1) is 5.10 Å². The van der Waals surface area contributed by atoms with Crippen LogP contribution in [0.15, 0.2) is 35.1 Å². The minimum absolute atomic E-state index is 0.00284. The molecule has 0 bridgehead atoms. The molecule has 0 aliphatic carbocycles. The molecule has 2 aromatic carbocycles. The number of nitrogens with one attached hydrogen (secondary N) is 1. The van der Waals surface area contributed by atoms with Crippen LogP contribution in [0.1, 0.15) is 34.8 Å². The number of anilines is 1. The molecule has 1 aromatic heterocycles. The number of carboxylic acids is 1. The van der Waals surface area contributed by atoms with Crippen molar-refractivity contribution in [2.24, 2.45) is 0 Å². The summed E-state index contributed by atoms with van der Waals surface area (Å²) in [4.78, 5) is 36.9. The second-order valence-corrected chi connectivity index (χ2v) is 8.03. The number of aromatic nitrogens is 3. The van der Waals surface area contributed by atoms with Crippen molar-refractivity contribution in [2.45, 2.75) is 32.7 Å². The number of para-hydroxylation sites is 1. The molecule has 0 aliphatic rings. The fourth-order valence-electron chi connectivity index (χ4n) is 3.03. The summed E-state index contributed by atoms with van der Waals surface area (Å²) in [5, 5.41) is 15.1. The van der Waals surface area contributed by atoms with Gasteiger partial charge in [0.05, 0.1) is 21.3 Å². The number of ether oxygens (including phenoxy) is 1. The second-order valence-electron chi connectivity index (χ2n) is 7.22. The third kappa shape index (κ3) is 5.31. The maximum Gasteiger partial charge on any atom is 0.425 e. The highest BCUT2D eigenvalue weighted by molar-refractivity contribution is 6.40. The van der Waals surface area contributed by atoms with E-state index in [1.807, 2.05) is 0 Å². The van der Waals surface area contributed by atoms with E-state index >= 15 is 4.39 Å². The normalized spacial score (nSPS) is 12.3. The van der Waals surface area contributed by atoms with Gasteiger partial charge in [-0.25, -0.2) is 14.0 Å². The van der Waals surface area contributed by atoms with Crippen LogP contribution in [-0.2, 0) is 6.54 Å². The van der Waals surface area contributed by atoms with Gasteiger partial charge in [0, 0.05) is 12.6 Å². The average molecular weight is 551 g/mol. The lowest BCUT2D eigenvalue weighted by Crippen LogP contribution is -2.32. The number of amides is 1. The number of hydrogen-bond acceptors (Lipinski definition) is 5. The fourth-order valence-corrected chi connectivity index (χ4v) is 3.52. The van der Waals surface area contributed by atoms with E-state index in [2.05, 4.69) is 10.4 Å². The zero-order chi connectivity index (χ0) is 26.9. The smallest absolute Gasteiger partial charge is 0.425 e.